The average Bonchev–Trinajstić information content (AvgIpc) is 2.11. The Hall–Kier alpha value is -1.29. The molecule has 0 aromatic heterocycles. The number of rotatable bonds is 3. The fourth-order valence-corrected chi connectivity index (χ4v) is 1.11. The molecule has 0 amide bonds. The predicted octanol–water partition coefficient (Wildman–Crippen LogP) is -0.00940. The molecule has 12 heavy (non-hydrogen) atoms. The van der Waals surface area contributed by atoms with E-state index in [0.29, 0.717) is 0 Å². The van der Waals surface area contributed by atoms with Crippen LogP contribution in [0.2, 0.25) is 0 Å². The van der Waals surface area contributed by atoms with Crippen LogP contribution in [0.1, 0.15) is 0 Å². The lowest BCUT2D eigenvalue weighted by Crippen LogP contribution is -2.50. The number of ketones is 1. The van der Waals surface area contributed by atoms with Crippen molar-refractivity contribution in [2.75, 3.05) is 14.2 Å². The van der Waals surface area contributed by atoms with Gasteiger partial charge in [-0.2, -0.15) is 0 Å². The summed E-state index contributed by atoms with van der Waals surface area (Å²) in [7, 11) is 2.70. The van der Waals surface area contributed by atoms with Crippen LogP contribution in [0.15, 0.2) is 24.2 Å². The van der Waals surface area contributed by atoms with Crippen LogP contribution in [0, 0.1) is 0 Å². The average molecular weight is 170 g/mol. The molecule has 0 radical (unpaired) electrons. The quantitative estimate of drug-likeness (QED) is 0.605. The number of hydrogen-bond donors (Lipinski definition) is 1. The Morgan fingerprint density at radius 1 is 1.50 bits per heavy atom. The number of Topliss-reactive ketones (excluding diaryl/α,β-unsaturated/α-hetero) is 1. The van der Waals surface area contributed by atoms with Crippen LogP contribution in [0.5, 0.6) is 0 Å². The highest BCUT2D eigenvalue weighted by atomic mass is 16.5. The normalized spacial score (nSPS) is 28.1. The van der Waals surface area contributed by atoms with Crippen molar-refractivity contribution in [1.29, 1.82) is 0 Å². The fourth-order valence-electron chi connectivity index (χ4n) is 1.11. The van der Waals surface area contributed by atoms with E-state index in [9.17, 15) is 9.90 Å². The van der Waals surface area contributed by atoms with Crippen molar-refractivity contribution in [3.8, 4) is 0 Å². The maximum Gasteiger partial charge on any atom is 0.244 e. The first-order valence-corrected chi connectivity index (χ1v) is 3.35. The van der Waals surface area contributed by atoms with Crippen LogP contribution >= 0.6 is 0 Å². The molecule has 0 aromatic carbocycles. The van der Waals surface area contributed by atoms with Crippen LogP contribution < -0.4 is 0 Å². The van der Waals surface area contributed by atoms with Crippen LogP contribution in [-0.4, -0.2) is 30.7 Å². The van der Waals surface area contributed by atoms with E-state index in [-0.39, 0.29) is 11.5 Å². The first-order valence-electron chi connectivity index (χ1n) is 3.35. The lowest BCUT2D eigenvalue weighted by atomic mass is 9.83. The summed E-state index contributed by atoms with van der Waals surface area (Å²) in [5, 5.41) is 9.52. The molecule has 1 aliphatic rings. The summed E-state index contributed by atoms with van der Waals surface area (Å²) in [6.45, 7) is 3.33. The Labute approximate surface area is 70.1 Å². The molecule has 1 N–H and O–H groups in total. The van der Waals surface area contributed by atoms with Gasteiger partial charge in [-0.1, -0.05) is 6.58 Å². The van der Waals surface area contributed by atoms with E-state index in [1.807, 2.05) is 0 Å². The molecule has 0 heterocycles. The van der Waals surface area contributed by atoms with Gasteiger partial charge in [-0.3, -0.25) is 4.79 Å². The van der Waals surface area contributed by atoms with Gasteiger partial charge in [0.2, 0.25) is 17.1 Å². The van der Waals surface area contributed by atoms with Gasteiger partial charge in [0.25, 0.3) is 0 Å². The molecule has 4 heteroatoms. The van der Waals surface area contributed by atoms with Crippen molar-refractivity contribution in [3.05, 3.63) is 24.2 Å². The van der Waals surface area contributed by atoms with E-state index in [0.717, 1.165) is 6.08 Å². The molecule has 0 bridgehead atoms. The Kier molecular flexibility index (Phi) is 1.94. The van der Waals surface area contributed by atoms with E-state index < -0.39 is 11.4 Å². The molecule has 1 aliphatic carbocycles. The second-order valence-electron chi connectivity index (χ2n) is 2.37. The molecular formula is C8H10O4. The molecule has 0 saturated heterocycles. The molecule has 4 nitrogen and oxygen atoms in total. The van der Waals surface area contributed by atoms with Crippen molar-refractivity contribution in [2.24, 2.45) is 0 Å². The zero-order chi connectivity index (χ0) is 9.35. The minimum atomic E-state index is -1.68. The Balaban J connectivity index is 3.09. The van der Waals surface area contributed by atoms with Crippen LogP contribution in [-0.2, 0) is 14.3 Å². The van der Waals surface area contributed by atoms with Gasteiger partial charge in [-0.05, 0) is 6.08 Å². The van der Waals surface area contributed by atoms with Crippen molar-refractivity contribution in [2.45, 2.75) is 5.60 Å². The monoisotopic (exact) mass is 170 g/mol. The zero-order valence-electron chi connectivity index (χ0n) is 6.96. The first kappa shape index (κ1) is 8.80. The van der Waals surface area contributed by atoms with Gasteiger partial charge >= 0.3 is 0 Å². The maximum absolute atomic E-state index is 11.1. The summed E-state index contributed by atoms with van der Waals surface area (Å²) >= 11 is 0. The minimum Gasteiger partial charge on any atom is -0.493 e. The van der Waals surface area contributed by atoms with E-state index in [1.54, 1.807) is 0 Å². The molecule has 0 aromatic rings. The van der Waals surface area contributed by atoms with E-state index in [1.165, 1.54) is 14.2 Å². The number of ether oxygens (including phenoxy) is 2. The highest BCUT2D eigenvalue weighted by Gasteiger charge is 2.54. The van der Waals surface area contributed by atoms with E-state index >= 15 is 0 Å². The van der Waals surface area contributed by atoms with Gasteiger partial charge in [-0.15, -0.1) is 0 Å². The van der Waals surface area contributed by atoms with Gasteiger partial charge in [0, 0.05) is 0 Å². The lowest BCUT2D eigenvalue weighted by Gasteiger charge is -2.34. The lowest BCUT2D eigenvalue weighted by molar-refractivity contribution is -0.139. The molecule has 1 atom stereocenters. The third-order valence-electron chi connectivity index (χ3n) is 1.81. The van der Waals surface area contributed by atoms with Crippen LogP contribution in [0.4, 0.5) is 0 Å². The van der Waals surface area contributed by atoms with Crippen molar-refractivity contribution in [3.63, 3.8) is 0 Å². The second-order valence-corrected chi connectivity index (χ2v) is 2.37. The predicted molar refractivity (Wildman–Crippen MR) is 41.2 cm³/mol. The molecule has 1 unspecified atom stereocenters. The van der Waals surface area contributed by atoms with E-state index in [4.69, 9.17) is 9.47 Å². The number of aliphatic hydroxyl groups is 1. The minimum absolute atomic E-state index is 0.0555. The molecule has 1 rings (SSSR count). The highest BCUT2D eigenvalue weighted by Crippen LogP contribution is 2.36. The third kappa shape index (κ3) is 0.783. The van der Waals surface area contributed by atoms with Gasteiger partial charge in [0.15, 0.2) is 5.76 Å². The zero-order valence-corrected chi connectivity index (χ0v) is 6.96. The topological polar surface area (TPSA) is 55.8 Å². The van der Waals surface area contributed by atoms with Crippen molar-refractivity contribution in [1.82, 2.24) is 0 Å². The molecule has 0 saturated carbocycles. The summed E-state index contributed by atoms with van der Waals surface area (Å²) in [5.41, 5.74) is -1.68. The fraction of sp³-hybridized carbons (Fsp3) is 0.375. The smallest absolute Gasteiger partial charge is 0.244 e. The van der Waals surface area contributed by atoms with Crippen LogP contribution in [0.25, 0.3) is 0 Å². The number of carbonyl (C=O) groups excluding carboxylic acids is 1. The van der Waals surface area contributed by atoms with Gasteiger partial charge in [0.1, 0.15) is 0 Å². The van der Waals surface area contributed by atoms with Gasteiger partial charge < -0.3 is 14.6 Å². The third-order valence-corrected chi connectivity index (χ3v) is 1.81. The summed E-state index contributed by atoms with van der Waals surface area (Å²) in [6.07, 6.45) is 1.12. The number of carbonyl (C=O) groups is 1. The van der Waals surface area contributed by atoms with Gasteiger partial charge in [0.05, 0.1) is 14.2 Å². The number of methoxy groups -OCH3 is 2. The molecule has 0 spiro atoms. The summed E-state index contributed by atoms with van der Waals surface area (Å²) < 4.78 is 9.48. The summed E-state index contributed by atoms with van der Waals surface area (Å²) in [4.78, 5) is 11.1. The summed E-state index contributed by atoms with van der Waals surface area (Å²) in [6, 6.07) is 0. The standard InChI is InChI=1S/C8H10O4/c1-4-8(10)6(9)5(11-2)7(8)12-3/h4,10H,1H2,2-3H3. The van der Waals surface area contributed by atoms with Crippen LogP contribution in [0.3, 0.4) is 0 Å². The molecule has 0 fully saturated rings. The highest BCUT2D eigenvalue weighted by molar-refractivity contribution is 6.11. The maximum atomic E-state index is 11.1. The number of hydrogen-bond acceptors (Lipinski definition) is 4. The Morgan fingerprint density at radius 3 is 2.42 bits per heavy atom. The second kappa shape index (κ2) is 2.64. The first-order chi connectivity index (χ1) is 5.61. The Morgan fingerprint density at radius 2 is 2.08 bits per heavy atom. The molecule has 66 valence electrons. The molecular weight excluding hydrogens is 160 g/mol. The molecule has 0 aliphatic heterocycles. The Bertz CT molecular complexity index is 266. The van der Waals surface area contributed by atoms with Gasteiger partial charge in [-0.25, -0.2) is 0 Å². The van der Waals surface area contributed by atoms with Crippen molar-refractivity contribution >= 4 is 5.78 Å². The largest absolute Gasteiger partial charge is 0.493 e. The van der Waals surface area contributed by atoms with Crippen molar-refractivity contribution < 1.29 is 19.4 Å². The van der Waals surface area contributed by atoms with E-state index in [2.05, 4.69) is 6.58 Å². The SMILES string of the molecule is C=CC1(O)C(=O)C(OC)=C1OC. The summed E-state index contributed by atoms with van der Waals surface area (Å²) in [5.74, 6) is -0.346.